The number of rotatable bonds is 3. The van der Waals surface area contributed by atoms with Crippen molar-refractivity contribution < 1.29 is 20.1 Å². The minimum Gasteiger partial charge on any atom is -0.508 e. The highest BCUT2D eigenvalue weighted by molar-refractivity contribution is 5.85. The minimum absolute atomic E-state index is 0.00455. The molecule has 2 aromatic rings. The van der Waals surface area contributed by atoms with Crippen LogP contribution in [0.1, 0.15) is 23.1 Å². The molecule has 1 amide bonds. The lowest BCUT2D eigenvalue weighted by Gasteiger charge is -2.30. The van der Waals surface area contributed by atoms with Crippen molar-refractivity contribution in [3.63, 3.8) is 0 Å². The number of aromatic hydroxyl groups is 1. The summed E-state index contributed by atoms with van der Waals surface area (Å²) in [6.45, 7) is 0. The lowest BCUT2D eigenvalue weighted by Crippen LogP contribution is -2.36. The third-order valence-corrected chi connectivity index (χ3v) is 4.52. The van der Waals surface area contributed by atoms with E-state index in [1.165, 1.54) is 11.0 Å². The minimum atomic E-state index is -1.29. The number of benzene rings is 2. The Labute approximate surface area is 134 Å². The van der Waals surface area contributed by atoms with Gasteiger partial charge in [0.2, 0.25) is 0 Å². The summed E-state index contributed by atoms with van der Waals surface area (Å²) in [5.74, 6) is -1.16. The van der Waals surface area contributed by atoms with E-state index < -0.39 is 30.1 Å². The van der Waals surface area contributed by atoms with E-state index in [2.05, 4.69) is 0 Å². The lowest BCUT2D eigenvalue weighted by molar-refractivity contribution is -0.135. The summed E-state index contributed by atoms with van der Waals surface area (Å²) in [6.07, 6.45) is -2.26. The first kappa shape index (κ1) is 15.5. The number of amides is 1. The smallest absolute Gasteiger partial charge is 0.252 e. The topological polar surface area (TPSA) is 81.0 Å². The van der Waals surface area contributed by atoms with Crippen LogP contribution in [0.3, 0.4) is 0 Å². The van der Waals surface area contributed by atoms with Crippen LogP contribution < -0.4 is 0 Å². The maximum absolute atomic E-state index is 12.2. The maximum atomic E-state index is 12.2. The Hall–Kier alpha value is -2.37. The first-order valence-electron chi connectivity index (χ1n) is 7.48. The molecule has 1 saturated heterocycles. The zero-order valence-electron chi connectivity index (χ0n) is 12.7. The number of phenols is 1. The van der Waals surface area contributed by atoms with Crippen LogP contribution in [0.25, 0.3) is 0 Å². The van der Waals surface area contributed by atoms with Crippen LogP contribution in [0.4, 0.5) is 0 Å². The lowest BCUT2D eigenvalue weighted by atomic mass is 9.84. The van der Waals surface area contributed by atoms with Crippen molar-refractivity contribution in [2.75, 3.05) is 7.05 Å². The van der Waals surface area contributed by atoms with Crippen molar-refractivity contribution in [1.29, 1.82) is 0 Å². The Morgan fingerprint density at radius 3 is 2.30 bits per heavy atom. The number of hydrogen-bond donors (Lipinski definition) is 3. The summed E-state index contributed by atoms with van der Waals surface area (Å²) in [5, 5.41) is 31.2. The summed E-state index contributed by atoms with van der Waals surface area (Å²) in [5.41, 5.74) is 1.12. The van der Waals surface area contributed by atoms with Gasteiger partial charge in [0.15, 0.2) is 0 Å². The molecular formula is C18H19NO4. The first-order valence-corrected chi connectivity index (χ1v) is 7.48. The molecule has 5 nitrogen and oxygen atoms in total. The van der Waals surface area contributed by atoms with Gasteiger partial charge >= 0.3 is 0 Å². The van der Waals surface area contributed by atoms with Gasteiger partial charge in [-0.2, -0.15) is 0 Å². The molecule has 0 saturated carbocycles. The number of hydrogen-bond acceptors (Lipinski definition) is 4. The molecule has 4 unspecified atom stereocenters. The van der Waals surface area contributed by atoms with Crippen molar-refractivity contribution in [2.24, 2.45) is 0 Å². The highest BCUT2D eigenvalue weighted by atomic mass is 16.3. The van der Waals surface area contributed by atoms with E-state index in [4.69, 9.17) is 0 Å². The Balaban J connectivity index is 2.05. The predicted molar refractivity (Wildman–Crippen MR) is 84.8 cm³/mol. The predicted octanol–water partition coefficient (Wildman–Crippen LogP) is 1.41. The second-order valence-corrected chi connectivity index (χ2v) is 5.82. The Morgan fingerprint density at radius 2 is 1.65 bits per heavy atom. The molecule has 0 aliphatic carbocycles. The molecule has 0 spiro atoms. The van der Waals surface area contributed by atoms with Gasteiger partial charge in [-0.15, -0.1) is 0 Å². The normalized spacial score (nSPS) is 25.6. The van der Waals surface area contributed by atoms with Gasteiger partial charge in [-0.3, -0.25) is 4.79 Å². The van der Waals surface area contributed by atoms with Crippen molar-refractivity contribution in [3.8, 4) is 5.75 Å². The van der Waals surface area contributed by atoms with Crippen LogP contribution in [0.5, 0.6) is 5.75 Å². The highest BCUT2D eigenvalue weighted by Gasteiger charge is 2.50. The van der Waals surface area contributed by atoms with E-state index in [0.29, 0.717) is 11.1 Å². The van der Waals surface area contributed by atoms with Gasteiger partial charge < -0.3 is 20.2 Å². The van der Waals surface area contributed by atoms with Crippen molar-refractivity contribution in [1.82, 2.24) is 4.90 Å². The number of likely N-dealkylation sites (N-methyl/N-ethyl adjacent to an activating group) is 1. The van der Waals surface area contributed by atoms with Crippen LogP contribution in [0, 0.1) is 0 Å². The average Bonchev–Trinajstić information content (AvgIpc) is 2.80. The number of nitrogens with zero attached hydrogens (tertiary/aromatic N) is 1. The number of phenolic OH excluding ortho intramolecular Hbond substituents is 1. The zero-order chi connectivity index (χ0) is 16.6. The molecule has 1 aliphatic rings. The van der Waals surface area contributed by atoms with Gasteiger partial charge in [0.1, 0.15) is 18.0 Å². The maximum Gasteiger partial charge on any atom is 0.252 e. The molecule has 3 N–H and O–H groups in total. The molecule has 2 aromatic carbocycles. The molecule has 3 rings (SSSR count). The van der Waals surface area contributed by atoms with Gasteiger partial charge in [-0.25, -0.2) is 0 Å². The molecule has 1 aliphatic heterocycles. The molecule has 0 radical (unpaired) electrons. The summed E-state index contributed by atoms with van der Waals surface area (Å²) >= 11 is 0. The van der Waals surface area contributed by atoms with E-state index in [-0.39, 0.29) is 5.75 Å². The molecule has 4 atom stereocenters. The van der Waals surface area contributed by atoms with Crippen molar-refractivity contribution in [2.45, 2.75) is 24.2 Å². The third kappa shape index (κ3) is 2.58. The Kier molecular flexibility index (Phi) is 4.07. The number of carbonyl (C=O) groups excluding carboxylic acids is 1. The largest absolute Gasteiger partial charge is 0.508 e. The van der Waals surface area contributed by atoms with E-state index in [1.807, 2.05) is 6.07 Å². The summed E-state index contributed by atoms with van der Waals surface area (Å²) < 4.78 is 0. The highest BCUT2D eigenvalue weighted by Crippen LogP contribution is 2.42. The molecule has 5 heteroatoms. The van der Waals surface area contributed by atoms with Gasteiger partial charge in [0, 0.05) is 18.5 Å². The quantitative estimate of drug-likeness (QED) is 0.800. The third-order valence-electron chi connectivity index (χ3n) is 4.52. The van der Waals surface area contributed by atoms with Crippen LogP contribution in [-0.4, -0.2) is 45.3 Å². The molecular weight excluding hydrogens is 294 g/mol. The molecule has 120 valence electrons. The van der Waals surface area contributed by atoms with E-state index >= 15 is 0 Å². The molecule has 1 fully saturated rings. The van der Waals surface area contributed by atoms with Crippen LogP contribution in [0.2, 0.25) is 0 Å². The van der Waals surface area contributed by atoms with Crippen molar-refractivity contribution >= 4 is 5.91 Å². The monoisotopic (exact) mass is 313 g/mol. The van der Waals surface area contributed by atoms with E-state index in [9.17, 15) is 20.1 Å². The second-order valence-electron chi connectivity index (χ2n) is 5.82. The zero-order valence-corrected chi connectivity index (χ0v) is 12.7. The fourth-order valence-electron chi connectivity index (χ4n) is 3.32. The summed E-state index contributed by atoms with van der Waals surface area (Å²) in [6, 6.07) is 14.9. The molecule has 23 heavy (non-hydrogen) atoms. The van der Waals surface area contributed by atoms with E-state index in [1.54, 1.807) is 49.5 Å². The van der Waals surface area contributed by atoms with Crippen molar-refractivity contribution in [3.05, 3.63) is 65.7 Å². The standard InChI is InChI=1S/C18H19NO4/c1-19-15(16(21)11-7-3-2-4-8-11)14(17(22)18(19)23)12-9-5-6-10-13(12)20/h2-10,14-17,20-22H,1H3. The van der Waals surface area contributed by atoms with Gasteiger partial charge in [0.25, 0.3) is 5.91 Å². The van der Waals surface area contributed by atoms with E-state index in [0.717, 1.165) is 0 Å². The number of aliphatic hydroxyl groups excluding tert-OH is 2. The fraction of sp³-hybridized carbons (Fsp3) is 0.278. The number of carbonyl (C=O) groups is 1. The molecule has 0 bridgehead atoms. The van der Waals surface area contributed by atoms with Crippen LogP contribution >= 0.6 is 0 Å². The second kappa shape index (κ2) is 6.02. The average molecular weight is 313 g/mol. The number of aliphatic hydroxyl groups is 2. The Morgan fingerprint density at radius 1 is 1.04 bits per heavy atom. The number of para-hydroxylation sites is 1. The first-order chi connectivity index (χ1) is 11.0. The Bertz CT molecular complexity index is 703. The van der Waals surface area contributed by atoms with Crippen LogP contribution in [-0.2, 0) is 4.79 Å². The summed E-state index contributed by atoms with van der Waals surface area (Å²) in [4.78, 5) is 13.6. The fourth-order valence-corrected chi connectivity index (χ4v) is 3.32. The SMILES string of the molecule is CN1C(=O)C(O)C(c2ccccc2O)C1C(O)c1ccccc1. The molecule has 0 aromatic heterocycles. The summed E-state index contributed by atoms with van der Waals surface area (Å²) in [7, 11) is 1.56. The van der Waals surface area contributed by atoms with Crippen LogP contribution in [0.15, 0.2) is 54.6 Å². The van der Waals surface area contributed by atoms with Gasteiger partial charge in [-0.05, 0) is 11.6 Å². The van der Waals surface area contributed by atoms with Gasteiger partial charge in [-0.1, -0.05) is 48.5 Å². The van der Waals surface area contributed by atoms with Gasteiger partial charge in [0.05, 0.1) is 6.04 Å². The molecule has 1 heterocycles. The number of likely N-dealkylation sites (tertiary alicyclic amines) is 1.